The molecule has 0 heterocycles. The van der Waals surface area contributed by atoms with Gasteiger partial charge in [0, 0.05) is 21.0 Å². The molecule has 0 atom stereocenters. The summed E-state index contributed by atoms with van der Waals surface area (Å²) in [4.78, 5) is 35.9. The van der Waals surface area contributed by atoms with Crippen LogP contribution in [0.5, 0.6) is 0 Å². The molecule has 8 heteroatoms. The van der Waals surface area contributed by atoms with Crippen molar-refractivity contribution in [1.82, 2.24) is 4.90 Å². The summed E-state index contributed by atoms with van der Waals surface area (Å²) in [5.74, 6) is 0.0926. The predicted molar refractivity (Wildman–Crippen MR) is 39.9 cm³/mol. The zero-order chi connectivity index (χ0) is 9.65. The predicted octanol–water partition coefficient (Wildman–Crippen LogP) is -2.48. The van der Waals surface area contributed by atoms with Crippen LogP contribution in [0.3, 0.4) is 0 Å². The first-order chi connectivity index (χ1) is 4.64. The summed E-state index contributed by atoms with van der Waals surface area (Å²) < 4.78 is 8.66. The number of carbonyl (C=O) groups excluding carboxylic acids is 1. The van der Waals surface area contributed by atoms with E-state index in [0.717, 1.165) is 0 Å². The molecule has 0 fully saturated rings. The summed E-state index contributed by atoms with van der Waals surface area (Å²) in [5.41, 5.74) is 0. The van der Waals surface area contributed by atoms with E-state index in [1.54, 1.807) is 14.1 Å². The molecule has 0 bridgehead atoms. The number of hydrogen-bond acceptors (Lipinski definition) is 4. The van der Waals surface area contributed by atoms with E-state index in [9.17, 15) is 4.79 Å². The van der Waals surface area contributed by atoms with Crippen LogP contribution in [0.15, 0.2) is 0 Å². The second-order valence-corrected chi connectivity index (χ2v) is 2.82. The minimum atomic E-state index is -5.14. The van der Waals surface area contributed by atoms with Crippen molar-refractivity contribution in [2.45, 2.75) is 6.92 Å². The van der Waals surface area contributed by atoms with Crippen LogP contribution >= 0.6 is 7.82 Å². The van der Waals surface area contributed by atoms with Crippen LogP contribution in [0.2, 0.25) is 0 Å². The molecule has 0 aliphatic heterocycles. The van der Waals surface area contributed by atoms with E-state index in [2.05, 4.69) is 0 Å². The van der Waals surface area contributed by atoms with Gasteiger partial charge in [0.2, 0.25) is 5.91 Å². The quantitative estimate of drug-likeness (QED) is 0.362. The zero-order valence-electron chi connectivity index (χ0n) is 7.18. The Morgan fingerprint density at radius 1 is 1.42 bits per heavy atom. The van der Waals surface area contributed by atoms with Gasteiger partial charge in [0.1, 0.15) is 0 Å². The van der Waals surface area contributed by atoms with Gasteiger partial charge in [0.05, 0.1) is 7.82 Å². The average molecular weight is 223 g/mol. The molecule has 0 unspecified atom stereocenters. The normalized spacial score (nSPS) is 8.83. The maximum Gasteiger partial charge on any atom is 2.00 e. The molecule has 0 saturated carbocycles. The maximum absolute atomic E-state index is 10.1. The third kappa shape index (κ3) is 44.8. The fourth-order valence-electron chi connectivity index (χ4n) is 0. The Kier molecular flexibility index (Phi) is 13.1. The van der Waals surface area contributed by atoms with Crippen molar-refractivity contribution in [3.05, 3.63) is 0 Å². The largest absolute Gasteiger partial charge is 2.00 e. The Hall–Kier alpha value is 0.840. The number of carbonyl (C=O) groups is 1. The van der Waals surface area contributed by atoms with Crippen molar-refractivity contribution in [2.24, 2.45) is 0 Å². The molecule has 0 aromatic heterocycles. The summed E-state index contributed by atoms with van der Waals surface area (Å²) in [5, 5.41) is 0. The Bertz CT molecular complexity index is 159. The van der Waals surface area contributed by atoms with Crippen LogP contribution in [0, 0.1) is 0 Å². The molecule has 0 aliphatic carbocycles. The average Bonchev–Trinajstić information content (AvgIpc) is 1.59. The number of rotatable bonds is 0. The number of amides is 1. The van der Waals surface area contributed by atoms with Gasteiger partial charge >= 0.3 is 37.7 Å². The minimum Gasteiger partial charge on any atom is -0.790 e. The summed E-state index contributed by atoms with van der Waals surface area (Å²) in [7, 11) is -1.69. The number of nitrogens with zero attached hydrogens (tertiary/aromatic N) is 1. The second-order valence-electron chi connectivity index (χ2n) is 1.88. The van der Waals surface area contributed by atoms with E-state index < -0.39 is 7.82 Å². The van der Waals surface area contributed by atoms with Gasteiger partial charge in [0.15, 0.2) is 0 Å². The Morgan fingerprint density at radius 2 is 1.50 bits per heavy atom. The molecular weight excluding hydrogens is 213 g/mol. The molecule has 12 heavy (non-hydrogen) atoms. The fourth-order valence-corrected chi connectivity index (χ4v) is 0. The molecule has 0 rings (SSSR count). The van der Waals surface area contributed by atoms with E-state index in [-0.39, 0.29) is 43.6 Å². The molecule has 0 aromatic rings. The van der Waals surface area contributed by atoms with Crippen molar-refractivity contribution < 1.29 is 24.0 Å². The van der Waals surface area contributed by atoms with Crippen molar-refractivity contribution in [2.75, 3.05) is 14.1 Å². The van der Waals surface area contributed by atoms with Crippen LogP contribution in [0.25, 0.3) is 0 Å². The Labute approximate surface area is 101 Å². The Balaban J connectivity index is -0.000000126. The van der Waals surface area contributed by atoms with Gasteiger partial charge in [-0.3, -0.25) is 4.79 Å². The molecule has 0 saturated heterocycles. The van der Waals surface area contributed by atoms with E-state index in [4.69, 9.17) is 19.2 Å². The first-order valence-corrected chi connectivity index (χ1v) is 4.07. The van der Waals surface area contributed by atoms with Crippen LogP contribution in [0.1, 0.15) is 6.92 Å². The molecule has 0 spiro atoms. The van der Waals surface area contributed by atoms with Crippen molar-refractivity contribution in [3.8, 4) is 0 Å². The number of phosphoric acid groups is 1. The van der Waals surface area contributed by atoms with Gasteiger partial charge in [-0.15, -0.1) is 0 Å². The summed E-state index contributed by atoms with van der Waals surface area (Å²) in [6.07, 6.45) is 0. The molecular formula is C4H10CaNO5P. The van der Waals surface area contributed by atoms with Crippen LogP contribution < -0.4 is 9.79 Å². The first kappa shape index (κ1) is 18.6. The third-order valence-corrected chi connectivity index (χ3v) is 0.630. The third-order valence-electron chi connectivity index (χ3n) is 0.630. The molecule has 0 aliphatic rings. The van der Waals surface area contributed by atoms with E-state index in [1.165, 1.54) is 11.8 Å². The van der Waals surface area contributed by atoms with Crippen LogP contribution in [-0.2, 0) is 9.36 Å². The monoisotopic (exact) mass is 223 g/mol. The molecule has 1 amide bonds. The molecule has 6 nitrogen and oxygen atoms in total. The van der Waals surface area contributed by atoms with Crippen molar-refractivity contribution in [3.63, 3.8) is 0 Å². The molecule has 1 N–H and O–H groups in total. The molecule has 68 valence electrons. The zero-order valence-corrected chi connectivity index (χ0v) is 10.3. The van der Waals surface area contributed by atoms with E-state index in [1.807, 2.05) is 0 Å². The first-order valence-electron chi connectivity index (χ1n) is 2.57. The number of hydrogen-bond donors (Lipinski definition) is 1. The van der Waals surface area contributed by atoms with Crippen molar-refractivity contribution in [1.29, 1.82) is 0 Å². The van der Waals surface area contributed by atoms with Gasteiger partial charge in [0.25, 0.3) is 0 Å². The summed E-state index contributed by atoms with van der Waals surface area (Å²) >= 11 is 0. The topological polar surface area (TPSA) is 104 Å². The maximum atomic E-state index is 10.1. The smallest absolute Gasteiger partial charge is 0.790 e. The van der Waals surface area contributed by atoms with E-state index >= 15 is 0 Å². The SMILES string of the molecule is CC(=O)N(C)C.O=P([O-])([O-])O.[Ca+2]. The molecule has 0 aromatic carbocycles. The van der Waals surface area contributed by atoms with Crippen LogP contribution in [-0.4, -0.2) is 67.5 Å². The second kappa shape index (κ2) is 8.44. The van der Waals surface area contributed by atoms with Crippen molar-refractivity contribution >= 4 is 51.5 Å². The van der Waals surface area contributed by atoms with Gasteiger partial charge < -0.3 is 24.1 Å². The van der Waals surface area contributed by atoms with Gasteiger partial charge in [-0.25, -0.2) is 0 Å². The van der Waals surface area contributed by atoms with E-state index in [0.29, 0.717) is 0 Å². The standard InChI is InChI=1S/C4H9NO.Ca.H3O4P/c1-4(6)5(2)3;;1-5(2,3)4/h1-3H3;;(H3,1,2,3,4)/q;+2;/p-2. The summed E-state index contributed by atoms with van der Waals surface area (Å²) in [6.45, 7) is 1.53. The fraction of sp³-hybridized carbons (Fsp3) is 0.750. The Morgan fingerprint density at radius 3 is 1.50 bits per heavy atom. The van der Waals surface area contributed by atoms with Crippen LogP contribution in [0.4, 0.5) is 0 Å². The minimum absolute atomic E-state index is 0. The molecule has 0 radical (unpaired) electrons. The van der Waals surface area contributed by atoms with Gasteiger partial charge in [-0.1, -0.05) is 0 Å². The summed E-state index contributed by atoms with van der Waals surface area (Å²) in [6, 6.07) is 0. The van der Waals surface area contributed by atoms with Gasteiger partial charge in [-0.2, -0.15) is 0 Å². The van der Waals surface area contributed by atoms with Gasteiger partial charge in [-0.05, 0) is 0 Å².